The van der Waals surface area contributed by atoms with Crippen LogP contribution < -0.4 is 5.32 Å². The van der Waals surface area contributed by atoms with Crippen molar-refractivity contribution < 1.29 is 4.79 Å². The summed E-state index contributed by atoms with van der Waals surface area (Å²) in [4.78, 5) is 22.9. The maximum Gasteiger partial charge on any atom is 0.237 e. The molecule has 0 radical (unpaired) electrons. The summed E-state index contributed by atoms with van der Waals surface area (Å²) in [6, 6.07) is 13.4. The van der Waals surface area contributed by atoms with Gasteiger partial charge >= 0.3 is 0 Å². The van der Waals surface area contributed by atoms with Crippen molar-refractivity contribution >= 4 is 68.1 Å². The second kappa shape index (κ2) is 9.57. The largest absolute Gasteiger partial charge is 0.324 e. The first kappa shape index (κ1) is 22.1. The minimum absolute atomic E-state index is 0.129. The third-order valence-corrected chi connectivity index (χ3v) is 7.60. The van der Waals surface area contributed by atoms with E-state index in [2.05, 4.69) is 51.9 Å². The molecule has 1 unspecified atom stereocenters. The predicted molar refractivity (Wildman–Crippen MR) is 133 cm³/mol. The van der Waals surface area contributed by atoms with E-state index >= 15 is 0 Å². The quantitative estimate of drug-likeness (QED) is 0.226. The smallest absolute Gasteiger partial charge is 0.237 e. The maximum absolute atomic E-state index is 13.0. The van der Waals surface area contributed by atoms with Gasteiger partial charge < -0.3 is 5.32 Å². The molecule has 0 bridgehead atoms. The van der Waals surface area contributed by atoms with E-state index in [4.69, 9.17) is 23.2 Å². The number of carbonyl (C=O) groups is 1. The van der Waals surface area contributed by atoms with Gasteiger partial charge in [-0.1, -0.05) is 71.7 Å². The zero-order valence-electron chi connectivity index (χ0n) is 16.9. The van der Waals surface area contributed by atoms with E-state index in [9.17, 15) is 4.79 Å². The summed E-state index contributed by atoms with van der Waals surface area (Å²) in [5, 5.41) is 7.38. The number of halogens is 2. The molecule has 4 aromatic rings. The van der Waals surface area contributed by atoms with E-state index in [0.717, 1.165) is 26.4 Å². The van der Waals surface area contributed by atoms with E-state index in [0.29, 0.717) is 22.2 Å². The minimum atomic E-state index is -0.337. The highest BCUT2D eigenvalue weighted by atomic mass is 35.5. The highest BCUT2D eigenvalue weighted by molar-refractivity contribution is 8.00. The number of thioether (sulfide) groups is 1. The molecular formula is C23H19Cl2N3OS2. The summed E-state index contributed by atoms with van der Waals surface area (Å²) >= 11 is 15.2. The molecule has 4 nitrogen and oxygen atoms in total. The molecule has 1 atom stereocenters. The Labute approximate surface area is 199 Å². The van der Waals surface area contributed by atoms with Crippen molar-refractivity contribution in [3.05, 3.63) is 69.8 Å². The summed E-state index contributed by atoms with van der Waals surface area (Å²) in [5.41, 5.74) is 3.94. The van der Waals surface area contributed by atoms with E-state index < -0.39 is 0 Å². The van der Waals surface area contributed by atoms with Crippen LogP contribution in [0.15, 0.2) is 59.2 Å². The number of anilines is 1. The molecule has 8 heteroatoms. The monoisotopic (exact) mass is 487 g/mol. The Morgan fingerprint density at radius 3 is 2.65 bits per heavy atom. The van der Waals surface area contributed by atoms with Crippen molar-refractivity contribution in [1.82, 2.24) is 9.97 Å². The molecule has 2 heterocycles. The second-order valence-corrected chi connectivity index (χ2v) is 9.90. The lowest BCUT2D eigenvalue weighted by Crippen LogP contribution is -2.24. The van der Waals surface area contributed by atoms with Crippen molar-refractivity contribution in [3.63, 3.8) is 0 Å². The zero-order valence-corrected chi connectivity index (χ0v) is 20.0. The Bertz CT molecular complexity index is 1240. The molecule has 158 valence electrons. The fourth-order valence-corrected chi connectivity index (χ4v) is 5.61. The lowest BCUT2D eigenvalue weighted by atomic mass is 10.1. The van der Waals surface area contributed by atoms with Gasteiger partial charge in [0.05, 0.1) is 21.3 Å². The molecular weight excluding hydrogens is 469 g/mol. The van der Waals surface area contributed by atoms with Gasteiger partial charge in [0, 0.05) is 16.0 Å². The van der Waals surface area contributed by atoms with E-state index in [-0.39, 0.29) is 11.2 Å². The molecule has 0 aliphatic heterocycles. The average molecular weight is 488 g/mol. The van der Waals surface area contributed by atoms with E-state index in [1.54, 1.807) is 35.9 Å². The highest BCUT2D eigenvalue weighted by Crippen LogP contribution is 2.39. The number of carbonyl (C=O) groups excluding carboxylic acids is 1. The van der Waals surface area contributed by atoms with Crippen LogP contribution in [0.25, 0.3) is 21.3 Å². The molecule has 1 N–H and O–H groups in total. The van der Waals surface area contributed by atoms with Gasteiger partial charge in [0.15, 0.2) is 0 Å². The number of nitrogens with one attached hydrogen (secondary N) is 1. The van der Waals surface area contributed by atoms with Crippen molar-refractivity contribution in [2.24, 2.45) is 0 Å². The number of hydrogen-bond acceptors (Lipinski definition) is 5. The van der Waals surface area contributed by atoms with Gasteiger partial charge in [0.2, 0.25) is 5.91 Å². The Kier molecular flexibility index (Phi) is 6.82. The SMILES string of the molecule is CCC(Sc1ncnc2scc(-c3ccc(C)cc3)c12)C(=O)Nc1ccc(Cl)cc1Cl. The molecule has 0 fully saturated rings. The van der Waals surface area contributed by atoms with Gasteiger partial charge in [-0.3, -0.25) is 4.79 Å². The van der Waals surface area contributed by atoms with Crippen molar-refractivity contribution in [1.29, 1.82) is 0 Å². The van der Waals surface area contributed by atoms with Crippen LogP contribution in [0.2, 0.25) is 10.0 Å². The first-order valence-corrected chi connectivity index (χ1v) is 12.2. The third kappa shape index (κ3) is 4.88. The van der Waals surface area contributed by atoms with Crippen LogP contribution in [-0.4, -0.2) is 21.1 Å². The lowest BCUT2D eigenvalue weighted by Gasteiger charge is -2.16. The molecule has 0 aliphatic rings. The molecule has 1 amide bonds. The molecule has 31 heavy (non-hydrogen) atoms. The second-order valence-electron chi connectivity index (χ2n) is 7.00. The minimum Gasteiger partial charge on any atom is -0.324 e. The number of hydrogen-bond donors (Lipinski definition) is 1. The van der Waals surface area contributed by atoms with Crippen LogP contribution in [0.5, 0.6) is 0 Å². The number of nitrogens with zero attached hydrogens (tertiary/aromatic N) is 2. The summed E-state index contributed by atoms with van der Waals surface area (Å²) in [6.07, 6.45) is 2.19. The van der Waals surface area contributed by atoms with Crippen LogP contribution in [0.1, 0.15) is 18.9 Å². The van der Waals surface area contributed by atoms with Crippen LogP contribution in [0.4, 0.5) is 5.69 Å². The number of rotatable bonds is 6. The first-order valence-electron chi connectivity index (χ1n) is 9.68. The maximum atomic E-state index is 13.0. The van der Waals surface area contributed by atoms with Crippen LogP contribution >= 0.6 is 46.3 Å². The molecule has 2 aromatic carbocycles. The highest BCUT2D eigenvalue weighted by Gasteiger charge is 2.23. The molecule has 0 saturated carbocycles. The normalized spacial score (nSPS) is 12.1. The number of benzene rings is 2. The van der Waals surface area contributed by atoms with Crippen LogP contribution in [0, 0.1) is 6.92 Å². The van der Waals surface area contributed by atoms with Gasteiger partial charge in [-0.25, -0.2) is 9.97 Å². The average Bonchev–Trinajstić information content (AvgIpc) is 3.19. The van der Waals surface area contributed by atoms with Gasteiger partial charge in [0.1, 0.15) is 16.2 Å². The predicted octanol–water partition coefficient (Wildman–Crippen LogP) is 7.48. The summed E-state index contributed by atoms with van der Waals surface area (Å²) in [6.45, 7) is 4.05. The third-order valence-electron chi connectivity index (χ3n) is 4.80. The molecule has 4 rings (SSSR count). The molecule has 2 aromatic heterocycles. The van der Waals surface area contributed by atoms with Gasteiger partial charge in [0.25, 0.3) is 0 Å². The topological polar surface area (TPSA) is 54.9 Å². The molecule has 0 saturated heterocycles. The number of aromatic nitrogens is 2. The number of thiophene rings is 1. The fourth-order valence-electron chi connectivity index (χ4n) is 3.14. The lowest BCUT2D eigenvalue weighted by molar-refractivity contribution is -0.115. The van der Waals surface area contributed by atoms with Gasteiger partial charge in [-0.2, -0.15) is 0 Å². The fraction of sp³-hybridized carbons (Fsp3) is 0.174. The standard InChI is InChI=1S/C23H19Cl2N3OS2/c1-3-19(21(29)28-18-9-8-15(24)10-17(18)25)31-23-20-16(11-30-22(20)26-12-27-23)14-6-4-13(2)5-7-14/h4-12,19H,3H2,1-2H3,(H,28,29). The summed E-state index contributed by atoms with van der Waals surface area (Å²) < 4.78 is 0. The number of aryl methyl sites for hydroxylation is 1. The first-order chi connectivity index (χ1) is 15.0. The Morgan fingerprint density at radius 1 is 1.16 bits per heavy atom. The van der Waals surface area contributed by atoms with Crippen molar-refractivity contribution in [3.8, 4) is 11.1 Å². The van der Waals surface area contributed by atoms with E-state index in [1.165, 1.54) is 17.3 Å². The van der Waals surface area contributed by atoms with Crippen LogP contribution in [-0.2, 0) is 4.79 Å². The molecule has 0 aliphatic carbocycles. The summed E-state index contributed by atoms with van der Waals surface area (Å²) in [7, 11) is 0. The Morgan fingerprint density at radius 2 is 1.94 bits per heavy atom. The Balaban J connectivity index is 1.64. The Hall–Kier alpha value is -2.12. The molecule has 0 spiro atoms. The van der Waals surface area contributed by atoms with Crippen molar-refractivity contribution in [2.75, 3.05) is 5.32 Å². The van der Waals surface area contributed by atoms with Crippen molar-refractivity contribution in [2.45, 2.75) is 30.5 Å². The number of fused-ring (bicyclic) bond motifs is 1. The van der Waals surface area contributed by atoms with Gasteiger partial charge in [-0.05, 0) is 37.1 Å². The summed E-state index contributed by atoms with van der Waals surface area (Å²) in [5.74, 6) is -0.129. The van der Waals surface area contributed by atoms with Crippen LogP contribution in [0.3, 0.4) is 0 Å². The van der Waals surface area contributed by atoms with Gasteiger partial charge in [-0.15, -0.1) is 11.3 Å². The number of amides is 1. The zero-order chi connectivity index (χ0) is 22.0. The van der Waals surface area contributed by atoms with E-state index in [1.807, 2.05) is 6.92 Å².